The predicted octanol–water partition coefficient (Wildman–Crippen LogP) is 2.85. The van der Waals surface area contributed by atoms with Gasteiger partial charge in [-0.05, 0) is 25.1 Å². The molecule has 0 aliphatic carbocycles. The van der Waals surface area contributed by atoms with E-state index in [9.17, 15) is 8.78 Å². The molecule has 1 heterocycles. The second-order valence-corrected chi connectivity index (χ2v) is 4.65. The maximum absolute atomic E-state index is 12.8. The molecule has 1 saturated heterocycles. The Balaban J connectivity index is 1.99. The fourth-order valence-electron chi connectivity index (χ4n) is 1.01. The highest BCUT2D eigenvalue weighted by Gasteiger charge is 2.38. The van der Waals surface area contributed by atoms with Gasteiger partial charge in [-0.3, -0.25) is 0 Å². The summed E-state index contributed by atoms with van der Waals surface area (Å²) in [5, 5.41) is 0. The number of hydrogen-bond donors (Lipinski definition) is 0. The fraction of sp³-hybridized carbons (Fsp3) is 0.400. The third-order valence-electron chi connectivity index (χ3n) is 2.07. The number of thioether (sulfide) groups is 1. The van der Waals surface area contributed by atoms with E-state index in [1.54, 1.807) is 6.07 Å². The molecule has 4 heteroatoms. The smallest absolute Gasteiger partial charge is 0.159 e. The summed E-state index contributed by atoms with van der Waals surface area (Å²) in [7, 11) is 0. The Kier molecular flexibility index (Phi) is 2.49. The Hall–Kier alpha value is -0.610. The normalized spacial score (nSPS) is 25.1. The zero-order chi connectivity index (χ0) is 10.2. The lowest BCUT2D eigenvalue weighted by Crippen LogP contribution is -2.07. The quantitative estimate of drug-likeness (QED) is 0.569. The van der Waals surface area contributed by atoms with Crippen LogP contribution in [0.4, 0.5) is 8.78 Å². The van der Waals surface area contributed by atoms with Crippen LogP contribution in [0.5, 0.6) is 0 Å². The minimum absolute atomic E-state index is 0.0600. The van der Waals surface area contributed by atoms with E-state index in [0.29, 0.717) is 0 Å². The van der Waals surface area contributed by atoms with Crippen LogP contribution < -0.4 is 0 Å². The topological polar surface area (TPSA) is 12.5 Å². The Morgan fingerprint density at radius 3 is 2.71 bits per heavy atom. The Labute approximate surface area is 85.5 Å². The summed E-state index contributed by atoms with van der Waals surface area (Å²) >= 11 is 1.48. The van der Waals surface area contributed by atoms with Crippen LogP contribution in [0.3, 0.4) is 0 Å². The molecule has 0 aromatic heterocycles. The van der Waals surface area contributed by atoms with Crippen molar-refractivity contribution in [2.45, 2.75) is 17.4 Å². The zero-order valence-electron chi connectivity index (χ0n) is 7.72. The van der Waals surface area contributed by atoms with E-state index >= 15 is 0 Å². The summed E-state index contributed by atoms with van der Waals surface area (Å²) in [6.45, 7) is 2.75. The second kappa shape index (κ2) is 3.51. The molecule has 1 nitrogen and oxygen atoms in total. The fourth-order valence-corrected chi connectivity index (χ4v) is 2.00. The Morgan fingerprint density at radius 2 is 2.14 bits per heavy atom. The van der Waals surface area contributed by atoms with Crippen LogP contribution in [-0.4, -0.2) is 18.0 Å². The number of halogens is 2. The average Bonchev–Trinajstić information content (AvgIpc) is 2.87. The van der Waals surface area contributed by atoms with E-state index in [0.717, 1.165) is 23.3 Å². The molecule has 2 rings (SSSR count). The van der Waals surface area contributed by atoms with Crippen molar-refractivity contribution in [1.82, 2.24) is 0 Å². The lowest BCUT2D eigenvalue weighted by molar-refractivity contribution is 0.348. The van der Waals surface area contributed by atoms with E-state index in [2.05, 4.69) is 0 Å². The molecule has 1 fully saturated rings. The molecule has 14 heavy (non-hydrogen) atoms. The van der Waals surface area contributed by atoms with Gasteiger partial charge >= 0.3 is 0 Å². The van der Waals surface area contributed by atoms with Gasteiger partial charge in [0.15, 0.2) is 11.6 Å². The summed E-state index contributed by atoms with van der Waals surface area (Å²) in [4.78, 5) is 0.737. The van der Waals surface area contributed by atoms with Crippen LogP contribution in [0.2, 0.25) is 0 Å². The monoisotopic (exact) mass is 216 g/mol. The number of ether oxygens (including phenoxy) is 1. The maximum atomic E-state index is 12.8. The van der Waals surface area contributed by atoms with Crippen molar-refractivity contribution in [2.24, 2.45) is 0 Å². The molecule has 1 aromatic rings. The lowest BCUT2D eigenvalue weighted by atomic mass is 10.3. The van der Waals surface area contributed by atoms with Crippen LogP contribution in [-0.2, 0) is 4.74 Å². The Morgan fingerprint density at radius 1 is 1.43 bits per heavy atom. The predicted molar refractivity (Wildman–Crippen MR) is 51.4 cm³/mol. The van der Waals surface area contributed by atoms with E-state index < -0.39 is 11.6 Å². The number of rotatable bonds is 3. The first kappa shape index (κ1) is 9.93. The average molecular weight is 216 g/mol. The number of epoxide rings is 1. The van der Waals surface area contributed by atoms with Crippen molar-refractivity contribution in [3.8, 4) is 0 Å². The molecule has 1 aliphatic rings. The highest BCUT2D eigenvalue weighted by molar-refractivity contribution is 7.99. The van der Waals surface area contributed by atoms with Crippen LogP contribution >= 0.6 is 11.8 Å². The van der Waals surface area contributed by atoms with Gasteiger partial charge in [-0.2, -0.15) is 0 Å². The molecule has 0 bridgehead atoms. The van der Waals surface area contributed by atoms with Gasteiger partial charge < -0.3 is 4.74 Å². The van der Waals surface area contributed by atoms with Gasteiger partial charge in [0.25, 0.3) is 0 Å². The standard InChI is InChI=1S/C10H10F2OS/c1-10(5-13-10)6-14-7-2-3-8(11)9(12)4-7/h2-4H,5-6H2,1H3. The van der Waals surface area contributed by atoms with E-state index in [1.165, 1.54) is 17.8 Å². The van der Waals surface area contributed by atoms with Crippen molar-refractivity contribution in [2.75, 3.05) is 12.4 Å². The maximum Gasteiger partial charge on any atom is 0.159 e. The van der Waals surface area contributed by atoms with Crippen LogP contribution in [0, 0.1) is 11.6 Å². The number of benzene rings is 1. The molecule has 1 aromatic carbocycles. The van der Waals surface area contributed by atoms with Gasteiger partial charge in [-0.1, -0.05) is 0 Å². The van der Waals surface area contributed by atoms with Crippen LogP contribution in [0.1, 0.15) is 6.92 Å². The van der Waals surface area contributed by atoms with E-state index in [1.807, 2.05) is 6.92 Å². The van der Waals surface area contributed by atoms with Crippen LogP contribution in [0.15, 0.2) is 23.1 Å². The molecule has 1 aliphatic heterocycles. The van der Waals surface area contributed by atoms with Gasteiger partial charge in [0, 0.05) is 10.6 Å². The molecule has 1 atom stereocenters. The molecular formula is C10H10F2OS. The minimum atomic E-state index is -0.803. The van der Waals surface area contributed by atoms with E-state index in [-0.39, 0.29) is 5.60 Å². The molecule has 76 valence electrons. The third-order valence-corrected chi connectivity index (χ3v) is 3.41. The zero-order valence-corrected chi connectivity index (χ0v) is 8.54. The molecular weight excluding hydrogens is 206 g/mol. The van der Waals surface area contributed by atoms with Crippen molar-refractivity contribution >= 4 is 11.8 Å². The molecule has 0 saturated carbocycles. The summed E-state index contributed by atoms with van der Waals surface area (Å²) in [6, 6.07) is 3.94. The van der Waals surface area contributed by atoms with Gasteiger partial charge in [0.05, 0.1) is 12.2 Å². The third kappa shape index (κ3) is 2.25. The van der Waals surface area contributed by atoms with Crippen LogP contribution in [0.25, 0.3) is 0 Å². The van der Waals surface area contributed by atoms with Gasteiger partial charge in [-0.25, -0.2) is 8.78 Å². The highest BCUT2D eigenvalue weighted by atomic mass is 32.2. The first-order chi connectivity index (χ1) is 6.59. The summed E-state index contributed by atoms with van der Waals surface area (Å²) in [5.41, 5.74) is -0.0600. The summed E-state index contributed by atoms with van der Waals surface area (Å²) in [6.07, 6.45) is 0. The first-order valence-electron chi connectivity index (χ1n) is 4.31. The SMILES string of the molecule is CC1(CSc2ccc(F)c(F)c2)CO1. The van der Waals surface area contributed by atoms with Gasteiger partial charge in [0.1, 0.15) is 0 Å². The molecule has 0 radical (unpaired) electrons. The molecule has 0 spiro atoms. The van der Waals surface area contributed by atoms with Gasteiger partial charge in [0.2, 0.25) is 0 Å². The van der Waals surface area contributed by atoms with E-state index in [4.69, 9.17) is 4.74 Å². The number of hydrogen-bond acceptors (Lipinski definition) is 2. The van der Waals surface area contributed by atoms with Crippen molar-refractivity contribution in [3.05, 3.63) is 29.8 Å². The van der Waals surface area contributed by atoms with Crippen molar-refractivity contribution < 1.29 is 13.5 Å². The first-order valence-corrected chi connectivity index (χ1v) is 5.29. The Bertz CT molecular complexity index is 350. The molecule has 0 amide bonds. The van der Waals surface area contributed by atoms with Gasteiger partial charge in [-0.15, -0.1) is 11.8 Å². The summed E-state index contributed by atoms with van der Waals surface area (Å²) < 4.78 is 30.6. The largest absolute Gasteiger partial charge is 0.369 e. The highest BCUT2D eigenvalue weighted by Crippen LogP contribution is 2.33. The van der Waals surface area contributed by atoms with Crippen molar-refractivity contribution in [1.29, 1.82) is 0 Å². The molecule has 1 unspecified atom stereocenters. The molecule has 0 N–H and O–H groups in total. The second-order valence-electron chi connectivity index (χ2n) is 3.60. The lowest BCUT2D eigenvalue weighted by Gasteiger charge is -2.04. The van der Waals surface area contributed by atoms with Crippen molar-refractivity contribution in [3.63, 3.8) is 0 Å². The minimum Gasteiger partial charge on any atom is -0.369 e. The summed E-state index contributed by atoms with van der Waals surface area (Å²) in [5.74, 6) is -0.821.